The molecule has 27 heavy (non-hydrogen) atoms. The summed E-state index contributed by atoms with van der Waals surface area (Å²) in [6.45, 7) is 7.00. The van der Waals surface area contributed by atoms with Crippen molar-refractivity contribution in [3.05, 3.63) is 23.0 Å². The maximum absolute atomic E-state index is 12.4. The molecule has 1 saturated heterocycles. The van der Waals surface area contributed by atoms with E-state index >= 15 is 0 Å². The van der Waals surface area contributed by atoms with Crippen LogP contribution in [-0.2, 0) is 23.8 Å². The van der Waals surface area contributed by atoms with Crippen LogP contribution in [0.4, 0.5) is 0 Å². The zero-order chi connectivity index (χ0) is 20.0. The third-order valence-electron chi connectivity index (χ3n) is 5.92. The lowest BCUT2D eigenvalue weighted by atomic mass is 9.86. The van der Waals surface area contributed by atoms with Crippen molar-refractivity contribution in [3.63, 3.8) is 0 Å². The van der Waals surface area contributed by atoms with E-state index in [4.69, 9.17) is 14.2 Å². The first kappa shape index (κ1) is 20.0. The standard InChI is InChI=1S/C20H28O7/c1-5-11(2)17(22)25-10-13-16-14(21)8-12(3)20(24)7-6-19(4,27-20)9-15(16)26-18(13)23/h9,11-12,14,21,24H,5-8,10H2,1-4H3/b15-9+/t11?,12-,14+,19-,20+/m1/s1. The van der Waals surface area contributed by atoms with E-state index in [1.807, 2.05) is 13.8 Å². The highest BCUT2D eigenvalue weighted by Crippen LogP contribution is 2.47. The lowest BCUT2D eigenvalue weighted by molar-refractivity contribution is -0.238. The van der Waals surface area contributed by atoms with Crippen molar-refractivity contribution in [1.82, 2.24) is 0 Å². The Morgan fingerprint density at radius 2 is 2.15 bits per heavy atom. The van der Waals surface area contributed by atoms with Crippen LogP contribution in [0.15, 0.2) is 23.0 Å². The Morgan fingerprint density at radius 3 is 2.81 bits per heavy atom. The number of aliphatic hydroxyl groups excluding tert-OH is 1. The molecule has 3 heterocycles. The number of carbonyl (C=O) groups is 2. The summed E-state index contributed by atoms with van der Waals surface area (Å²) in [5.41, 5.74) is -0.340. The van der Waals surface area contributed by atoms with Crippen LogP contribution in [0.3, 0.4) is 0 Å². The van der Waals surface area contributed by atoms with Gasteiger partial charge in [-0.1, -0.05) is 20.8 Å². The molecular weight excluding hydrogens is 352 g/mol. The Hall–Kier alpha value is -1.70. The van der Waals surface area contributed by atoms with Gasteiger partial charge in [-0.15, -0.1) is 0 Å². The number of hydrogen-bond donors (Lipinski definition) is 2. The fourth-order valence-corrected chi connectivity index (χ4v) is 3.83. The molecule has 5 atom stereocenters. The second-order valence-electron chi connectivity index (χ2n) is 8.12. The molecule has 0 aromatic rings. The van der Waals surface area contributed by atoms with Gasteiger partial charge in [0.25, 0.3) is 0 Å². The van der Waals surface area contributed by atoms with Crippen LogP contribution in [-0.4, -0.2) is 46.3 Å². The smallest absolute Gasteiger partial charge is 0.343 e. The van der Waals surface area contributed by atoms with Crippen molar-refractivity contribution >= 4 is 11.9 Å². The number of fused-ring (bicyclic) bond motifs is 3. The summed E-state index contributed by atoms with van der Waals surface area (Å²) in [6, 6.07) is 0. The summed E-state index contributed by atoms with van der Waals surface area (Å²) in [7, 11) is 0. The summed E-state index contributed by atoms with van der Waals surface area (Å²) in [5, 5.41) is 21.6. The average molecular weight is 380 g/mol. The molecular formula is C20H28O7. The van der Waals surface area contributed by atoms with Crippen LogP contribution in [0.1, 0.15) is 53.4 Å². The molecule has 2 bridgehead atoms. The van der Waals surface area contributed by atoms with Crippen molar-refractivity contribution in [2.75, 3.05) is 6.61 Å². The van der Waals surface area contributed by atoms with Crippen molar-refractivity contribution in [2.24, 2.45) is 11.8 Å². The Bertz CT molecular complexity index is 709. The van der Waals surface area contributed by atoms with Gasteiger partial charge in [0.05, 0.1) is 23.2 Å². The van der Waals surface area contributed by atoms with E-state index in [1.165, 1.54) is 0 Å². The highest BCUT2D eigenvalue weighted by atomic mass is 16.6. The van der Waals surface area contributed by atoms with Crippen molar-refractivity contribution in [3.8, 4) is 0 Å². The highest BCUT2D eigenvalue weighted by molar-refractivity contribution is 5.95. The molecule has 0 amide bonds. The summed E-state index contributed by atoms with van der Waals surface area (Å²) in [4.78, 5) is 24.4. The lowest BCUT2D eigenvalue weighted by Gasteiger charge is -2.32. The molecule has 0 aliphatic carbocycles. The molecule has 7 nitrogen and oxygen atoms in total. The van der Waals surface area contributed by atoms with E-state index < -0.39 is 29.4 Å². The zero-order valence-corrected chi connectivity index (χ0v) is 16.3. The second-order valence-corrected chi connectivity index (χ2v) is 8.12. The van der Waals surface area contributed by atoms with Crippen molar-refractivity contribution in [1.29, 1.82) is 0 Å². The Labute approximate surface area is 159 Å². The maximum Gasteiger partial charge on any atom is 0.343 e. The molecule has 3 aliphatic rings. The van der Waals surface area contributed by atoms with Crippen LogP contribution in [0, 0.1) is 11.8 Å². The largest absolute Gasteiger partial charge is 0.460 e. The number of esters is 2. The minimum absolute atomic E-state index is 0.144. The van der Waals surface area contributed by atoms with Crippen molar-refractivity contribution in [2.45, 2.75) is 70.9 Å². The van der Waals surface area contributed by atoms with E-state index in [-0.39, 0.29) is 36.2 Å². The van der Waals surface area contributed by atoms with E-state index in [9.17, 15) is 19.8 Å². The molecule has 0 aromatic carbocycles. The normalized spacial score (nSPS) is 38.9. The Kier molecular flexibility index (Phi) is 5.22. The number of hydrogen-bond acceptors (Lipinski definition) is 7. The summed E-state index contributed by atoms with van der Waals surface area (Å²) in [5.74, 6) is -2.76. The van der Waals surface area contributed by atoms with E-state index in [2.05, 4.69) is 0 Å². The van der Waals surface area contributed by atoms with Gasteiger partial charge in [0.1, 0.15) is 12.4 Å². The molecule has 150 valence electrons. The minimum Gasteiger partial charge on any atom is -0.460 e. The monoisotopic (exact) mass is 380 g/mol. The highest BCUT2D eigenvalue weighted by Gasteiger charge is 2.51. The number of aliphatic hydroxyl groups is 2. The Balaban J connectivity index is 1.95. The van der Waals surface area contributed by atoms with Gasteiger partial charge in [-0.2, -0.15) is 0 Å². The molecule has 1 fully saturated rings. The average Bonchev–Trinajstić information content (AvgIpc) is 3.08. The first-order valence-corrected chi connectivity index (χ1v) is 9.54. The third kappa shape index (κ3) is 3.68. The topological polar surface area (TPSA) is 102 Å². The molecule has 2 N–H and O–H groups in total. The van der Waals surface area contributed by atoms with Gasteiger partial charge in [-0.25, -0.2) is 4.79 Å². The number of rotatable bonds is 4. The molecule has 3 rings (SSSR count). The molecule has 3 aliphatic heterocycles. The summed E-state index contributed by atoms with van der Waals surface area (Å²) >= 11 is 0. The first-order valence-electron chi connectivity index (χ1n) is 9.54. The molecule has 0 radical (unpaired) electrons. The van der Waals surface area contributed by atoms with Crippen LogP contribution >= 0.6 is 0 Å². The predicted molar refractivity (Wildman–Crippen MR) is 95.1 cm³/mol. The fourth-order valence-electron chi connectivity index (χ4n) is 3.83. The van der Waals surface area contributed by atoms with Gasteiger partial charge in [0.2, 0.25) is 0 Å². The van der Waals surface area contributed by atoms with Gasteiger partial charge in [-0.05, 0) is 32.3 Å². The van der Waals surface area contributed by atoms with Gasteiger partial charge >= 0.3 is 11.9 Å². The molecule has 0 saturated carbocycles. The van der Waals surface area contributed by atoms with E-state index in [0.29, 0.717) is 24.8 Å². The number of ether oxygens (including phenoxy) is 3. The molecule has 0 spiro atoms. The van der Waals surface area contributed by atoms with Crippen LogP contribution < -0.4 is 0 Å². The SMILES string of the molecule is CCC(C)C(=O)OCC1=C2/C(=C\[C@@]3(C)CC[C@](O)(O3)[C@H](C)C[C@@H]2O)OC1=O. The molecule has 7 heteroatoms. The zero-order valence-electron chi connectivity index (χ0n) is 16.3. The van der Waals surface area contributed by atoms with Crippen LogP contribution in [0.2, 0.25) is 0 Å². The molecule has 1 unspecified atom stereocenters. The van der Waals surface area contributed by atoms with Gasteiger partial charge in [0.15, 0.2) is 5.79 Å². The van der Waals surface area contributed by atoms with Crippen molar-refractivity contribution < 1.29 is 34.0 Å². The third-order valence-corrected chi connectivity index (χ3v) is 5.92. The first-order chi connectivity index (χ1) is 12.6. The van der Waals surface area contributed by atoms with Crippen LogP contribution in [0.5, 0.6) is 0 Å². The summed E-state index contributed by atoms with van der Waals surface area (Å²) in [6.07, 6.45) is 2.44. The lowest BCUT2D eigenvalue weighted by Crippen LogP contribution is -2.39. The fraction of sp³-hybridized carbons (Fsp3) is 0.700. The van der Waals surface area contributed by atoms with Gasteiger partial charge in [-0.3, -0.25) is 4.79 Å². The summed E-state index contributed by atoms with van der Waals surface area (Å²) < 4.78 is 16.6. The quantitative estimate of drug-likeness (QED) is 0.719. The second kappa shape index (κ2) is 7.04. The minimum atomic E-state index is -1.33. The maximum atomic E-state index is 12.4. The molecule has 0 aromatic heterocycles. The van der Waals surface area contributed by atoms with Gasteiger partial charge < -0.3 is 24.4 Å². The van der Waals surface area contributed by atoms with E-state index in [1.54, 1.807) is 19.9 Å². The predicted octanol–water partition coefficient (Wildman–Crippen LogP) is 1.97. The number of carbonyl (C=O) groups excluding carboxylic acids is 2. The van der Waals surface area contributed by atoms with Gasteiger partial charge in [0, 0.05) is 17.9 Å². The van der Waals surface area contributed by atoms with E-state index in [0.717, 1.165) is 0 Å². The Morgan fingerprint density at radius 1 is 1.44 bits per heavy atom. The van der Waals surface area contributed by atoms with Crippen LogP contribution in [0.25, 0.3) is 0 Å².